The van der Waals surface area contributed by atoms with Gasteiger partial charge in [-0.05, 0) is 31.0 Å². The maximum absolute atomic E-state index is 12.6. The van der Waals surface area contributed by atoms with E-state index >= 15 is 0 Å². The number of fused-ring (bicyclic) bond motifs is 1. The lowest BCUT2D eigenvalue weighted by Gasteiger charge is -2.29. The molecule has 26 heavy (non-hydrogen) atoms. The van der Waals surface area contributed by atoms with Gasteiger partial charge in [-0.2, -0.15) is 0 Å². The fraction of sp³-hybridized carbons (Fsp3) is 0.412. The molecule has 2 aliphatic heterocycles. The number of likely N-dealkylation sites (tertiary alicyclic amines) is 1. The Balaban J connectivity index is 0.00000121. The zero-order valence-corrected chi connectivity index (χ0v) is 16.5. The summed E-state index contributed by atoms with van der Waals surface area (Å²) in [6.07, 6.45) is 1.70. The molecule has 2 aliphatic rings. The zero-order valence-electron chi connectivity index (χ0n) is 14.1. The first-order chi connectivity index (χ1) is 11.7. The van der Waals surface area contributed by atoms with Crippen LogP contribution in [0.4, 0.5) is 0 Å². The Morgan fingerprint density at radius 3 is 2.58 bits per heavy atom. The predicted octanol–water partition coefficient (Wildman–Crippen LogP) is 2.99. The molecule has 3 heterocycles. The van der Waals surface area contributed by atoms with Crippen molar-refractivity contribution >= 4 is 42.1 Å². The summed E-state index contributed by atoms with van der Waals surface area (Å²) in [5.74, 6) is 1.47. The second kappa shape index (κ2) is 8.90. The van der Waals surface area contributed by atoms with Crippen LogP contribution in [0.15, 0.2) is 23.6 Å². The van der Waals surface area contributed by atoms with E-state index in [1.165, 1.54) is 11.3 Å². The lowest BCUT2D eigenvalue weighted by atomic mass is 10.1. The van der Waals surface area contributed by atoms with Gasteiger partial charge in [0.2, 0.25) is 0 Å². The van der Waals surface area contributed by atoms with Crippen molar-refractivity contribution < 1.29 is 14.3 Å². The third-order valence-corrected chi connectivity index (χ3v) is 5.23. The number of aromatic nitrogens is 1. The van der Waals surface area contributed by atoms with E-state index < -0.39 is 0 Å². The quantitative estimate of drug-likeness (QED) is 0.812. The van der Waals surface area contributed by atoms with Crippen LogP contribution in [0.25, 0.3) is 10.6 Å². The molecule has 0 saturated carbocycles. The van der Waals surface area contributed by atoms with Gasteiger partial charge in [0.1, 0.15) is 23.9 Å². The fourth-order valence-corrected chi connectivity index (χ4v) is 3.74. The lowest BCUT2D eigenvalue weighted by Crippen LogP contribution is -2.42. The number of benzene rings is 1. The van der Waals surface area contributed by atoms with E-state index in [2.05, 4.69) is 4.98 Å². The molecular weight excluding hydrogens is 397 g/mol. The number of carbonyl (C=O) groups is 1. The van der Waals surface area contributed by atoms with Crippen LogP contribution in [0, 0.1) is 0 Å². The minimum Gasteiger partial charge on any atom is -0.486 e. The van der Waals surface area contributed by atoms with E-state index in [-0.39, 0.29) is 36.8 Å². The number of ether oxygens (including phenoxy) is 2. The minimum atomic E-state index is -0.0121. The van der Waals surface area contributed by atoms with E-state index in [0.29, 0.717) is 32.0 Å². The number of hydrogen-bond acceptors (Lipinski definition) is 6. The van der Waals surface area contributed by atoms with Crippen molar-refractivity contribution in [2.45, 2.75) is 18.9 Å². The minimum absolute atomic E-state index is 0. The van der Waals surface area contributed by atoms with E-state index in [9.17, 15) is 4.79 Å². The summed E-state index contributed by atoms with van der Waals surface area (Å²) in [6.45, 7) is 2.53. The highest BCUT2D eigenvalue weighted by atomic mass is 35.5. The molecular formula is C17H21Cl2N3O3S. The average molecular weight is 418 g/mol. The monoisotopic (exact) mass is 417 g/mol. The number of carbonyl (C=O) groups excluding carboxylic acids is 1. The smallest absolute Gasteiger partial charge is 0.273 e. The largest absolute Gasteiger partial charge is 0.486 e. The third kappa shape index (κ3) is 4.23. The maximum Gasteiger partial charge on any atom is 0.273 e. The van der Waals surface area contributed by atoms with E-state index in [1.54, 1.807) is 0 Å². The normalized spacial score (nSPS) is 16.4. The summed E-state index contributed by atoms with van der Waals surface area (Å²) in [5, 5.41) is 2.63. The molecule has 1 amide bonds. The highest BCUT2D eigenvalue weighted by molar-refractivity contribution is 7.13. The Labute approximate surface area is 168 Å². The Kier molecular flexibility index (Phi) is 7.11. The van der Waals surface area contributed by atoms with Crippen molar-refractivity contribution in [1.82, 2.24) is 9.88 Å². The first-order valence-electron chi connectivity index (χ1n) is 8.11. The first kappa shape index (κ1) is 20.8. The summed E-state index contributed by atoms with van der Waals surface area (Å²) in [5.41, 5.74) is 7.33. The number of nitrogens with zero attached hydrogens (tertiary/aromatic N) is 2. The fourth-order valence-electron chi connectivity index (χ4n) is 2.95. The van der Waals surface area contributed by atoms with Gasteiger partial charge in [0.05, 0.1) is 0 Å². The van der Waals surface area contributed by atoms with Crippen LogP contribution in [0.3, 0.4) is 0 Å². The number of rotatable bonds is 2. The molecule has 2 N–H and O–H groups in total. The van der Waals surface area contributed by atoms with E-state index in [0.717, 1.165) is 34.9 Å². The van der Waals surface area contributed by atoms with Crippen LogP contribution >= 0.6 is 36.2 Å². The van der Waals surface area contributed by atoms with E-state index in [4.69, 9.17) is 15.2 Å². The van der Waals surface area contributed by atoms with Crippen LogP contribution in [-0.2, 0) is 0 Å². The highest BCUT2D eigenvalue weighted by Crippen LogP contribution is 2.35. The zero-order chi connectivity index (χ0) is 16.5. The summed E-state index contributed by atoms with van der Waals surface area (Å²) in [4.78, 5) is 18.9. The molecule has 0 unspecified atom stereocenters. The molecule has 6 nitrogen and oxygen atoms in total. The molecule has 4 rings (SSSR count). The van der Waals surface area contributed by atoms with Crippen LogP contribution < -0.4 is 15.2 Å². The molecule has 0 bridgehead atoms. The van der Waals surface area contributed by atoms with Crippen molar-refractivity contribution in [1.29, 1.82) is 0 Å². The molecule has 0 spiro atoms. The highest BCUT2D eigenvalue weighted by Gasteiger charge is 2.24. The number of amides is 1. The molecule has 1 saturated heterocycles. The van der Waals surface area contributed by atoms with Crippen LogP contribution in [0.1, 0.15) is 23.3 Å². The van der Waals surface area contributed by atoms with Crippen molar-refractivity contribution in [3.8, 4) is 22.1 Å². The molecule has 0 aliphatic carbocycles. The third-order valence-electron chi connectivity index (χ3n) is 4.34. The van der Waals surface area contributed by atoms with Crippen molar-refractivity contribution in [2.75, 3.05) is 26.3 Å². The Morgan fingerprint density at radius 2 is 1.85 bits per heavy atom. The average Bonchev–Trinajstić information content (AvgIpc) is 3.11. The summed E-state index contributed by atoms with van der Waals surface area (Å²) >= 11 is 1.47. The van der Waals surface area contributed by atoms with Gasteiger partial charge in [0, 0.05) is 30.1 Å². The number of halogens is 2. The van der Waals surface area contributed by atoms with Crippen molar-refractivity contribution in [2.24, 2.45) is 5.73 Å². The standard InChI is InChI=1S/C17H19N3O3S.2ClH/c18-12-3-5-20(6-4-12)17(21)13-10-24-16(19-13)11-1-2-14-15(9-11)23-8-7-22-14;;/h1-2,9-10,12H,3-8,18H2;2*1H. The Bertz CT molecular complexity index is 763. The van der Waals surface area contributed by atoms with E-state index in [1.807, 2.05) is 28.5 Å². The SMILES string of the molecule is Cl.Cl.NC1CCN(C(=O)c2csc(-c3ccc4c(c3)OCCO4)n2)CC1. The number of hydrogen-bond donors (Lipinski definition) is 1. The predicted molar refractivity (Wildman–Crippen MR) is 106 cm³/mol. The molecule has 1 aromatic heterocycles. The van der Waals surface area contributed by atoms with Gasteiger partial charge in [-0.15, -0.1) is 36.2 Å². The number of nitrogens with two attached hydrogens (primary N) is 1. The first-order valence-corrected chi connectivity index (χ1v) is 8.99. The van der Waals surface area contributed by atoms with Gasteiger partial charge in [0.25, 0.3) is 5.91 Å². The summed E-state index contributed by atoms with van der Waals surface area (Å²) in [6, 6.07) is 5.96. The van der Waals surface area contributed by atoms with Gasteiger partial charge in [-0.1, -0.05) is 0 Å². The van der Waals surface area contributed by atoms with Gasteiger partial charge in [0.15, 0.2) is 11.5 Å². The molecule has 1 aromatic carbocycles. The van der Waals surface area contributed by atoms with Crippen LogP contribution in [-0.4, -0.2) is 48.1 Å². The maximum atomic E-state index is 12.6. The molecule has 1 fully saturated rings. The number of piperidine rings is 1. The summed E-state index contributed by atoms with van der Waals surface area (Å²) in [7, 11) is 0. The van der Waals surface area contributed by atoms with Crippen LogP contribution in [0.2, 0.25) is 0 Å². The van der Waals surface area contributed by atoms with Crippen molar-refractivity contribution in [3.05, 3.63) is 29.3 Å². The Morgan fingerprint density at radius 1 is 1.15 bits per heavy atom. The molecule has 0 radical (unpaired) electrons. The van der Waals surface area contributed by atoms with Crippen LogP contribution in [0.5, 0.6) is 11.5 Å². The topological polar surface area (TPSA) is 77.7 Å². The van der Waals surface area contributed by atoms with Gasteiger partial charge < -0.3 is 20.1 Å². The Hall–Kier alpha value is -1.54. The molecule has 2 aromatic rings. The van der Waals surface area contributed by atoms with Crippen molar-refractivity contribution in [3.63, 3.8) is 0 Å². The lowest BCUT2D eigenvalue weighted by molar-refractivity contribution is 0.0709. The molecule has 142 valence electrons. The second-order valence-electron chi connectivity index (χ2n) is 6.03. The van der Waals surface area contributed by atoms with Gasteiger partial charge in [-0.3, -0.25) is 4.79 Å². The molecule has 9 heteroatoms. The van der Waals surface area contributed by atoms with Gasteiger partial charge in [-0.25, -0.2) is 4.98 Å². The number of thiazole rings is 1. The second-order valence-corrected chi connectivity index (χ2v) is 6.88. The van der Waals surface area contributed by atoms with Gasteiger partial charge >= 0.3 is 0 Å². The molecule has 0 atom stereocenters. The summed E-state index contributed by atoms with van der Waals surface area (Å²) < 4.78 is 11.1.